The van der Waals surface area contributed by atoms with Gasteiger partial charge in [-0.3, -0.25) is 19.6 Å². The number of fused-ring (bicyclic) bond motifs is 1. The Kier molecular flexibility index (Phi) is 8.11. The fourth-order valence-electron chi connectivity index (χ4n) is 4.79. The highest BCUT2D eigenvalue weighted by molar-refractivity contribution is 5.83. The molecule has 2 aromatic carbocycles. The van der Waals surface area contributed by atoms with Crippen molar-refractivity contribution in [1.82, 2.24) is 14.8 Å². The number of methoxy groups -OCH3 is 1. The van der Waals surface area contributed by atoms with Crippen LogP contribution in [0, 0.1) is 0 Å². The number of carbonyl (C=O) groups is 1. The van der Waals surface area contributed by atoms with Crippen molar-refractivity contribution in [2.75, 3.05) is 39.8 Å². The summed E-state index contributed by atoms with van der Waals surface area (Å²) in [6, 6.07) is 17.3. The number of carboxylic acids is 1. The van der Waals surface area contributed by atoms with Crippen LogP contribution in [0.4, 0.5) is 0 Å². The average Bonchev–Trinajstić information content (AvgIpc) is 3.06. The molecule has 1 aromatic heterocycles. The second kappa shape index (κ2) is 11.4. The van der Waals surface area contributed by atoms with Crippen LogP contribution in [-0.2, 0) is 11.2 Å². The number of hydrogen-bond donors (Lipinski definition) is 2. The average molecular weight is 464 g/mol. The third-order valence-electron chi connectivity index (χ3n) is 6.67. The van der Waals surface area contributed by atoms with Crippen LogP contribution in [0.15, 0.2) is 60.8 Å². The van der Waals surface area contributed by atoms with Crippen LogP contribution < -0.4 is 4.74 Å². The number of hydrogen-bond acceptors (Lipinski definition) is 6. The topological polar surface area (TPSA) is 86.1 Å². The van der Waals surface area contributed by atoms with Gasteiger partial charge in [0, 0.05) is 37.8 Å². The smallest absolute Gasteiger partial charge is 0.320 e. The zero-order chi connectivity index (χ0) is 23.9. The molecule has 0 saturated carbocycles. The van der Waals surface area contributed by atoms with Gasteiger partial charge in [0.15, 0.2) is 0 Å². The van der Waals surface area contributed by atoms with E-state index in [0.717, 1.165) is 48.1 Å². The maximum absolute atomic E-state index is 12.0. The zero-order valence-corrected chi connectivity index (χ0v) is 19.6. The number of aliphatic carboxylic acids is 1. The molecule has 2 heterocycles. The number of aromatic nitrogens is 1. The first-order valence-electron chi connectivity index (χ1n) is 11.9. The number of carboxylic acid groups (broad SMARTS) is 1. The van der Waals surface area contributed by atoms with Gasteiger partial charge in [0.2, 0.25) is 0 Å². The summed E-state index contributed by atoms with van der Waals surface area (Å²) in [5, 5.41) is 21.8. The lowest BCUT2D eigenvalue weighted by atomic mass is 10.0. The summed E-state index contributed by atoms with van der Waals surface area (Å²) < 4.78 is 5.35. The van der Waals surface area contributed by atoms with E-state index in [-0.39, 0.29) is 0 Å². The first-order valence-corrected chi connectivity index (χ1v) is 11.9. The predicted octanol–water partition coefficient (Wildman–Crippen LogP) is 3.37. The van der Waals surface area contributed by atoms with Gasteiger partial charge in [-0.15, -0.1) is 0 Å². The number of β-amino-alcohol motifs (C(OH)–C–C–N with tert-alkyl or cyclic N) is 1. The molecule has 34 heavy (non-hydrogen) atoms. The zero-order valence-electron chi connectivity index (χ0n) is 19.6. The van der Waals surface area contributed by atoms with Gasteiger partial charge in [-0.25, -0.2) is 0 Å². The first kappa shape index (κ1) is 24.1. The molecule has 7 heteroatoms. The van der Waals surface area contributed by atoms with Crippen molar-refractivity contribution in [3.63, 3.8) is 0 Å². The van der Waals surface area contributed by atoms with Gasteiger partial charge in [-0.1, -0.05) is 30.3 Å². The Morgan fingerprint density at radius 2 is 1.97 bits per heavy atom. The number of pyridine rings is 1. The molecule has 0 amide bonds. The van der Waals surface area contributed by atoms with E-state index >= 15 is 0 Å². The summed E-state index contributed by atoms with van der Waals surface area (Å²) in [7, 11) is 1.62. The minimum Gasteiger partial charge on any atom is -0.497 e. The largest absolute Gasteiger partial charge is 0.497 e. The number of aliphatic hydroxyl groups is 1. The lowest BCUT2D eigenvalue weighted by Crippen LogP contribution is -2.42. The van der Waals surface area contributed by atoms with E-state index in [9.17, 15) is 15.0 Å². The fourth-order valence-corrected chi connectivity index (χ4v) is 4.79. The van der Waals surface area contributed by atoms with Crippen LogP contribution in [0.5, 0.6) is 5.75 Å². The highest BCUT2D eigenvalue weighted by atomic mass is 16.5. The summed E-state index contributed by atoms with van der Waals surface area (Å²) in [5.74, 6) is -0.0477. The fraction of sp³-hybridized carbons (Fsp3) is 0.407. The van der Waals surface area contributed by atoms with Gasteiger partial charge in [-0.05, 0) is 61.2 Å². The molecule has 0 spiro atoms. The van der Waals surface area contributed by atoms with Crippen LogP contribution in [0.25, 0.3) is 10.9 Å². The number of ether oxygens (including phenoxy) is 1. The third-order valence-corrected chi connectivity index (χ3v) is 6.67. The lowest BCUT2D eigenvalue weighted by molar-refractivity contribution is -0.143. The number of rotatable bonds is 9. The number of aliphatic hydroxyl groups excluding tert-OH is 1. The summed E-state index contributed by atoms with van der Waals surface area (Å²) in [5.41, 5.74) is 2.89. The van der Waals surface area contributed by atoms with E-state index in [4.69, 9.17) is 4.74 Å². The van der Waals surface area contributed by atoms with E-state index in [1.54, 1.807) is 13.3 Å². The molecule has 3 aromatic rings. The number of benzene rings is 2. The number of aryl methyl sites for hydroxylation is 1. The summed E-state index contributed by atoms with van der Waals surface area (Å²) in [6.45, 7) is 3.22. The van der Waals surface area contributed by atoms with E-state index in [1.165, 1.54) is 5.56 Å². The Morgan fingerprint density at radius 1 is 1.15 bits per heavy atom. The molecule has 0 aliphatic carbocycles. The minimum atomic E-state index is -0.769. The molecule has 2 N–H and O–H groups in total. The van der Waals surface area contributed by atoms with E-state index < -0.39 is 18.1 Å². The quantitative estimate of drug-likeness (QED) is 0.503. The van der Waals surface area contributed by atoms with Crippen LogP contribution in [0.2, 0.25) is 0 Å². The second-order valence-electron chi connectivity index (χ2n) is 8.87. The van der Waals surface area contributed by atoms with Crippen LogP contribution in [-0.4, -0.2) is 76.8 Å². The van der Waals surface area contributed by atoms with Crippen molar-refractivity contribution >= 4 is 16.9 Å². The second-order valence-corrected chi connectivity index (χ2v) is 8.87. The molecule has 0 bridgehead atoms. The minimum absolute atomic E-state index is 0.445. The van der Waals surface area contributed by atoms with Crippen molar-refractivity contribution in [2.24, 2.45) is 0 Å². The van der Waals surface area contributed by atoms with Crippen LogP contribution in [0.1, 0.15) is 30.1 Å². The first-order chi connectivity index (χ1) is 16.5. The molecule has 2 unspecified atom stereocenters. The highest BCUT2D eigenvalue weighted by Crippen LogP contribution is 2.27. The third kappa shape index (κ3) is 5.91. The maximum Gasteiger partial charge on any atom is 0.320 e. The van der Waals surface area contributed by atoms with Gasteiger partial charge in [0.1, 0.15) is 11.8 Å². The lowest BCUT2D eigenvalue weighted by Gasteiger charge is -2.26. The Labute approximate surface area is 200 Å². The molecular weight excluding hydrogens is 430 g/mol. The standard InChI is InChI=1S/C27H33N3O4/c1-34-21-9-10-24-23(18-21)22(11-13-28-24)26(31)19-29-15-12-25(27(32)33)30(17-16-29)14-5-8-20-6-3-2-4-7-20/h2-4,6-7,9-11,13,18,25-26,31H,5,8,12,14-17,19H2,1H3,(H,32,33). The van der Waals surface area contributed by atoms with Gasteiger partial charge in [-0.2, -0.15) is 0 Å². The van der Waals surface area contributed by atoms with E-state index in [1.807, 2.05) is 42.5 Å². The Hall–Kier alpha value is -3.00. The van der Waals surface area contributed by atoms with E-state index in [0.29, 0.717) is 26.1 Å². The monoisotopic (exact) mass is 463 g/mol. The van der Waals surface area contributed by atoms with Crippen LogP contribution >= 0.6 is 0 Å². The molecule has 1 aliphatic rings. The molecule has 4 rings (SSSR count). The Balaban J connectivity index is 1.40. The summed E-state index contributed by atoms with van der Waals surface area (Å²) in [6.07, 6.45) is 3.40. The van der Waals surface area contributed by atoms with Gasteiger partial charge in [0.25, 0.3) is 0 Å². The van der Waals surface area contributed by atoms with Crippen LogP contribution in [0.3, 0.4) is 0 Å². The molecule has 1 aliphatic heterocycles. The molecular formula is C27H33N3O4. The maximum atomic E-state index is 12.0. The molecule has 2 atom stereocenters. The predicted molar refractivity (Wildman–Crippen MR) is 132 cm³/mol. The highest BCUT2D eigenvalue weighted by Gasteiger charge is 2.30. The van der Waals surface area contributed by atoms with Crippen molar-refractivity contribution in [3.8, 4) is 5.75 Å². The van der Waals surface area contributed by atoms with Gasteiger partial charge in [0.05, 0.1) is 18.7 Å². The van der Waals surface area contributed by atoms with E-state index in [2.05, 4.69) is 26.9 Å². The SMILES string of the molecule is COc1ccc2nccc(C(O)CN3CCC(C(=O)O)N(CCCc4ccccc4)CC3)c2c1. The molecule has 180 valence electrons. The Bertz CT molecular complexity index is 1090. The van der Waals surface area contributed by atoms with Crippen molar-refractivity contribution in [2.45, 2.75) is 31.4 Å². The summed E-state index contributed by atoms with van der Waals surface area (Å²) in [4.78, 5) is 20.6. The molecule has 1 fully saturated rings. The summed E-state index contributed by atoms with van der Waals surface area (Å²) >= 11 is 0. The number of nitrogens with zero attached hydrogens (tertiary/aromatic N) is 3. The molecule has 7 nitrogen and oxygen atoms in total. The van der Waals surface area contributed by atoms with Crippen molar-refractivity contribution in [1.29, 1.82) is 0 Å². The van der Waals surface area contributed by atoms with Crippen molar-refractivity contribution in [3.05, 3.63) is 71.9 Å². The van der Waals surface area contributed by atoms with Gasteiger partial charge >= 0.3 is 5.97 Å². The molecule has 0 radical (unpaired) electrons. The molecule has 1 saturated heterocycles. The normalized spacial score (nSPS) is 18.5. The van der Waals surface area contributed by atoms with Gasteiger partial charge < -0.3 is 14.9 Å². The Morgan fingerprint density at radius 3 is 2.74 bits per heavy atom. The van der Waals surface area contributed by atoms with Crippen molar-refractivity contribution < 1.29 is 19.7 Å².